The average Bonchev–Trinajstić information content (AvgIpc) is 2.84. The summed E-state index contributed by atoms with van der Waals surface area (Å²) in [6, 6.07) is 12.3. The lowest BCUT2D eigenvalue weighted by molar-refractivity contribution is 0.305. The summed E-state index contributed by atoms with van der Waals surface area (Å²) in [5, 5.41) is 3.45. The minimum atomic E-state index is 0.850. The van der Waals surface area contributed by atoms with Crippen molar-refractivity contribution in [1.82, 2.24) is 4.90 Å². The number of hydrogen-bond acceptors (Lipinski definition) is 3. The maximum Gasteiger partial charge on any atom is 0.117 e. The number of furan rings is 1. The third-order valence-electron chi connectivity index (χ3n) is 2.96. The number of nitrogens with zero attached hydrogens (tertiary/aromatic N) is 1. The molecule has 0 radical (unpaired) electrons. The first-order chi connectivity index (χ1) is 8.75. The van der Waals surface area contributed by atoms with E-state index in [0.717, 1.165) is 25.4 Å². The van der Waals surface area contributed by atoms with Gasteiger partial charge in [-0.25, -0.2) is 0 Å². The van der Waals surface area contributed by atoms with Crippen LogP contribution in [0.4, 0.5) is 5.69 Å². The number of hydrogen-bond donors (Lipinski definition) is 1. The second-order valence-corrected chi connectivity index (χ2v) is 4.56. The lowest BCUT2D eigenvalue weighted by atomic mass is 10.2. The SMILES string of the molecule is Cc1ccccc1NCCN(C)Cc1ccco1. The molecule has 0 atom stereocenters. The Kier molecular flexibility index (Phi) is 4.42. The third kappa shape index (κ3) is 3.64. The topological polar surface area (TPSA) is 28.4 Å². The van der Waals surface area contributed by atoms with Gasteiger partial charge in [0.2, 0.25) is 0 Å². The Morgan fingerprint density at radius 2 is 2.00 bits per heavy atom. The van der Waals surface area contributed by atoms with Gasteiger partial charge in [0.1, 0.15) is 5.76 Å². The van der Waals surface area contributed by atoms with Crippen LogP contribution in [0.5, 0.6) is 0 Å². The smallest absolute Gasteiger partial charge is 0.117 e. The highest BCUT2D eigenvalue weighted by Gasteiger charge is 2.02. The Labute approximate surface area is 108 Å². The van der Waals surface area contributed by atoms with Gasteiger partial charge < -0.3 is 9.73 Å². The summed E-state index contributed by atoms with van der Waals surface area (Å²) in [6.45, 7) is 4.88. The van der Waals surface area contributed by atoms with Crippen LogP contribution in [0.1, 0.15) is 11.3 Å². The molecule has 0 aliphatic heterocycles. The van der Waals surface area contributed by atoms with Gasteiger partial charge in [-0.05, 0) is 37.7 Å². The predicted octanol–water partition coefficient (Wildman–Crippen LogP) is 3.13. The second-order valence-electron chi connectivity index (χ2n) is 4.56. The van der Waals surface area contributed by atoms with E-state index in [0.29, 0.717) is 0 Å². The number of nitrogens with one attached hydrogen (secondary N) is 1. The number of likely N-dealkylation sites (N-methyl/N-ethyl adjacent to an activating group) is 1. The summed E-state index contributed by atoms with van der Waals surface area (Å²) in [4.78, 5) is 2.24. The molecule has 0 saturated heterocycles. The van der Waals surface area contributed by atoms with Gasteiger partial charge in [0.25, 0.3) is 0 Å². The quantitative estimate of drug-likeness (QED) is 0.846. The van der Waals surface area contributed by atoms with Crippen molar-refractivity contribution >= 4 is 5.69 Å². The number of aryl methyl sites for hydroxylation is 1. The van der Waals surface area contributed by atoms with Crippen LogP contribution in [-0.2, 0) is 6.54 Å². The largest absolute Gasteiger partial charge is 0.468 e. The van der Waals surface area contributed by atoms with E-state index in [4.69, 9.17) is 4.42 Å². The fourth-order valence-corrected chi connectivity index (χ4v) is 1.90. The Morgan fingerprint density at radius 3 is 2.72 bits per heavy atom. The zero-order valence-electron chi connectivity index (χ0n) is 11.0. The van der Waals surface area contributed by atoms with Crippen molar-refractivity contribution in [2.45, 2.75) is 13.5 Å². The van der Waals surface area contributed by atoms with Gasteiger partial charge in [0.15, 0.2) is 0 Å². The predicted molar refractivity (Wildman–Crippen MR) is 74.7 cm³/mol. The highest BCUT2D eigenvalue weighted by molar-refractivity contribution is 5.50. The molecule has 3 nitrogen and oxygen atoms in total. The number of rotatable bonds is 6. The van der Waals surface area contributed by atoms with E-state index < -0.39 is 0 Å². The number of anilines is 1. The van der Waals surface area contributed by atoms with Crippen LogP contribution >= 0.6 is 0 Å². The highest BCUT2D eigenvalue weighted by atomic mass is 16.3. The van der Waals surface area contributed by atoms with E-state index in [1.165, 1.54) is 11.3 Å². The monoisotopic (exact) mass is 244 g/mol. The van der Waals surface area contributed by atoms with Crippen molar-refractivity contribution < 1.29 is 4.42 Å². The van der Waals surface area contributed by atoms with Gasteiger partial charge in [-0.15, -0.1) is 0 Å². The molecule has 0 spiro atoms. The molecule has 0 bridgehead atoms. The molecule has 0 fully saturated rings. The fourth-order valence-electron chi connectivity index (χ4n) is 1.90. The van der Waals surface area contributed by atoms with Gasteiger partial charge >= 0.3 is 0 Å². The van der Waals surface area contributed by atoms with E-state index in [2.05, 4.69) is 48.5 Å². The Balaban J connectivity index is 1.74. The van der Waals surface area contributed by atoms with Gasteiger partial charge in [0.05, 0.1) is 12.8 Å². The van der Waals surface area contributed by atoms with Crippen molar-refractivity contribution in [2.24, 2.45) is 0 Å². The molecule has 2 aromatic rings. The third-order valence-corrected chi connectivity index (χ3v) is 2.96. The molecular weight excluding hydrogens is 224 g/mol. The van der Waals surface area contributed by atoms with Crippen LogP contribution in [0.2, 0.25) is 0 Å². The van der Waals surface area contributed by atoms with Crippen molar-refractivity contribution in [3.05, 3.63) is 54.0 Å². The molecule has 3 heteroatoms. The molecule has 2 rings (SSSR count). The van der Waals surface area contributed by atoms with E-state index >= 15 is 0 Å². The molecule has 96 valence electrons. The molecule has 1 heterocycles. The molecule has 0 aliphatic rings. The molecule has 0 saturated carbocycles. The van der Waals surface area contributed by atoms with E-state index in [1.807, 2.05) is 12.1 Å². The highest BCUT2D eigenvalue weighted by Crippen LogP contribution is 2.12. The minimum absolute atomic E-state index is 0.850. The van der Waals surface area contributed by atoms with E-state index in [1.54, 1.807) is 6.26 Å². The first-order valence-electron chi connectivity index (χ1n) is 6.26. The summed E-state index contributed by atoms with van der Waals surface area (Å²) < 4.78 is 5.33. The molecule has 1 N–H and O–H groups in total. The molecule has 1 aromatic carbocycles. The summed E-state index contributed by atoms with van der Waals surface area (Å²) >= 11 is 0. The van der Waals surface area contributed by atoms with E-state index in [-0.39, 0.29) is 0 Å². The zero-order chi connectivity index (χ0) is 12.8. The molecule has 18 heavy (non-hydrogen) atoms. The van der Waals surface area contributed by atoms with Crippen LogP contribution in [0.15, 0.2) is 47.1 Å². The van der Waals surface area contributed by atoms with Gasteiger partial charge in [-0.3, -0.25) is 4.90 Å². The number of benzene rings is 1. The first-order valence-corrected chi connectivity index (χ1v) is 6.26. The van der Waals surface area contributed by atoms with Crippen LogP contribution in [-0.4, -0.2) is 25.0 Å². The molecule has 1 aromatic heterocycles. The minimum Gasteiger partial charge on any atom is -0.468 e. The second kappa shape index (κ2) is 6.26. The van der Waals surface area contributed by atoms with Crippen molar-refractivity contribution in [3.8, 4) is 0 Å². The first kappa shape index (κ1) is 12.7. The van der Waals surface area contributed by atoms with Crippen molar-refractivity contribution in [1.29, 1.82) is 0 Å². The summed E-state index contributed by atoms with van der Waals surface area (Å²) in [6.07, 6.45) is 1.72. The standard InChI is InChI=1S/C15H20N2O/c1-13-6-3-4-8-15(13)16-9-10-17(2)12-14-7-5-11-18-14/h3-8,11,16H,9-10,12H2,1-2H3. The Hall–Kier alpha value is -1.74. The zero-order valence-corrected chi connectivity index (χ0v) is 11.0. The van der Waals surface area contributed by atoms with Gasteiger partial charge in [-0.2, -0.15) is 0 Å². The maximum absolute atomic E-state index is 5.33. The molecule has 0 unspecified atom stereocenters. The lowest BCUT2D eigenvalue weighted by Gasteiger charge is -2.16. The van der Waals surface area contributed by atoms with E-state index in [9.17, 15) is 0 Å². The Bertz CT molecular complexity index is 465. The summed E-state index contributed by atoms with van der Waals surface area (Å²) in [5.41, 5.74) is 2.50. The van der Waals surface area contributed by atoms with Crippen LogP contribution in [0.25, 0.3) is 0 Å². The van der Waals surface area contributed by atoms with Crippen LogP contribution in [0, 0.1) is 6.92 Å². The van der Waals surface area contributed by atoms with Crippen LogP contribution < -0.4 is 5.32 Å². The maximum atomic E-state index is 5.33. The normalized spacial score (nSPS) is 10.8. The molecular formula is C15H20N2O. The lowest BCUT2D eigenvalue weighted by Crippen LogP contribution is -2.24. The van der Waals surface area contributed by atoms with Crippen LogP contribution in [0.3, 0.4) is 0 Å². The fraction of sp³-hybridized carbons (Fsp3) is 0.333. The van der Waals surface area contributed by atoms with Crippen molar-refractivity contribution in [2.75, 3.05) is 25.5 Å². The summed E-state index contributed by atoms with van der Waals surface area (Å²) in [5.74, 6) is 1.01. The van der Waals surface area contributed by atoms with Crippen molar-refractivity contribution in [3.63, 3.8) is 0 Å². The molecule has 0 aliphatic carbocycles. The number of para-hydroxylation sites is 1. The summed E-state index contributed by atoms with van der Waals surface area (Å²) in [7, 11) is 2.10. The average molecular weight is 244 g/mol. The Morgan fingerprint density at radius 1 is 1.17 bits per heavy atom. The van der Waals surface area contributed by atoms with Gasteiger partial charge in [-0.1, -0.05) is 18.2 Å². The van der Waals surface area contributed by atoms with Gasteiger partial charge in [0, 0.05) is 18.8 Å². The molecule has 0 amide bonds.